The molecule has 1 aromatic rings. The van der Waals surface area contributed by atoms with Crippen molar-refractivity contribution < 1.29 is 0 Å². The lowest BCUT2D eigenvalue weighted by atomic mass is 10.1. The average molecular weight is 249 g/mol. The summed E-state index contributed by atoms with van der Waals surface area (Å²) in [6.45, 7) is 2.17. The zero-order valence-corrected chi connectivity index (χ0v) is 11.2. The van der Waals surface area contributed by atoms with Crippen LogP contribution in [0.15, 0.2) is 18.2 Å². The van der Waals surface area contributed by atoms with Gasteiger partial charge in [0.2, 0.25) is 0 Å². The molecular weight excluding hydrogens is 230 g/mol. The first-order valence-corrected chi connectivity index (χ1v) is 7.11. The SMILES string of the molecule is CCC(CSC)Nc1ccc(N)c(CC#N)c1. The second-order valence-electron chi connectivity index (χ2n) is 3.95. The van der Waals surface area contributed by atoms with Gasteiger partial charge in [0.25, 0.3) is 0 Å². The third-order valence-corrected chi connectivity index (χ3v) is 3.38. The Morgan fingerprint density at radius 1 is 1.53 bits per heavy atom. The van der Waals surface area contributed by atoms with Crippen LogP contribution in [0.2, 0.25) is 0 Å². The zero-order chi connectivity index (χ0) is 12.7. The van der Waals surface area contributed by atoms with Crippen LogP contribution in [0.4, 0.5) is 11.4 Å². The lowest BCUT2D eigenvalue weighted by molar-refractivity contribution is 0.775. The maximum absolute atomic E-state index is 8.72. The van der Waals surface area contributed by atoms with Gasteiger partial charge in [-0.25, -0.2) is 0 Å². The summed E-state index contributed by atoms with van der Waals surface area (Å²) < 4.78 is 0. The first-order valence-electron chi connectivity index (χ1n) is 5.72. The molecule has 0 aliphatic rings. The molecule has 1 atom stereocenters. The third-order valence-electron chi connectivity index (χ3n) is 2.64. The lowest BCUT2D eigenvalue weighted by Gasteiger charge is -2.18. The van der Waals surface area contributed by atoms with Gasteiger partial charge in [0.05, 0.1) is 12.5 Å². The smallest absolute Gasteiger partial charge is 0.0670 e. The van der Waals surface area contributed by atoms with E-state index in [1.165, 1.54) is 0 Å². The predicted octanol–water partition coefficient (Wildman–Crippen LogP) is 2.89. The number of benzene rings is 1. The quantitative estimate of drug-likeness (QED) is 0.761. The topological polar surface area (TPSA) is 61.8 Å². The van der Waals surface area contributed by atoms with Gasteiger partial charge in [-0.15, -0.1) is 0 Å². The molecule has 4 heteroatoms. The van der Waals surface area contributed by atoms with Crippen LogP contribution in [-0.4, -0.2) is 18.1 Å². The van der Waals surface area contributed by atoms with E-state index >= 15 is 0 Å². The fourth-order valence-electron chi connectivity index (χ4n) is 1.63. The number of anilines is 2. The Morgan fingerprint density at radius 3 is 2.88 bits per heavy atom. The second-order valence-corrected chi connectivity index (χ2v) is 4.86. The van der Waals surface area contributed by atoms with Crippen molar-refractivity contribution in [3.63, 3.8) is 0 Å². The van der Waals surface area contributed by atoms with E-state index < -0.39 is 0 Å². The van der Waals surface area contributed by atoms with E-state index in [0.717, 1.165) is 23.4 Å². The highest BCUT2D eigenvalue weighted by atomic mass is 32.2. The first kappa shape index (κ1) is 13.7. The van der Waals surface area contributed by atoms with E-state index in [2.05, 4.69) is 24.6 Å². The number of nitrogens with one attached hydrogen (secondary N) is 1. The van der Waals surface area contributed by atoms with Crippen LogP contribution in [-0.2, 0) is 6.42 Å². The van der Waals surface area contributed by atoms with Gasteiger partial charge in [0.15, 0.2) is 0 Å². The van der Waals surface area contributed by atoms with Crippen LogP contribution in [0.1, 0.15) is 18.9 Å². The van der Waals surface area contributed by atoms with E-state index in [9.17, 15) is 0 Å². The summed E-state index contributed by atoms with van der Waals surface area (Å²) in [5.41, 5.74) is 8.45. The van der Waals surface area contributed by atoms with Crippen LogP contribution in [0.25, 0.3) is 0 Å². The molecule has 92 valence electrons. The Kier molecular flexibility index (Phi) is 5.71. The Bertz CT molecular complexity index is 398. The Labute approximate surface area is 107 Å². The molecule has 0 aliphatic carbocycles. The second kappa shape index (κ2) is 7.08. The molecule has 0 heterocycles. The zero-order valence-electron chi connectivity index (χ0n) is 10.4. The fourth-order valence-corrected chi connectivity index (χ4v) is 2.35. The molecule has 0 amide bonds. The molecule has 0 spiro atoms. The highest BCUT2D eigenvalue weighted by Gasteiger charge is 2.06. The summed E-state index contributed by atoms with van der Waals surface area (Å²) in [5, 5.41) is 12.2. The first-order chi connectivity index (χ1) is 8.21. The molecule has 17 heavy (non-hydrogen) atoms. The van der Waals surface area contributed by atoms with Crippen LogP contribution in [0.5, 0.6) is 0 Å². The molecule has 0 radical (unpaired) electrons. The maximum Gasteiger partial charge on any atom is 0.0670 e. The van der Waals surface area contributed by atoms with Gasteiger partial charge in [0, 0.05) is 23.2 Å². The summed E-state index contributed by atoms with van der Waals surface area (Å²) in [4.78, 5) is 0. The van der Waals surface area contributed by atoms with Gasteiger partial charge >= 0.3 is 0 Å². The van der Waals surface area contributed by atoms with Crippen molar-refractivity contribution in [3.05, 3.63) is 23.8 Å². The standard InChI is InChI=1S/C13H19N3S/c1-3-11(9-17-2)16-12-4-5-13(15)10(8-12)6-7-14/h4-5,8,11,16H,3,6,9,15H2,1-2H3. The van der Waals surface area contributed by atoms with Gasteiger partial charge in [-0.05, 0) is 36.4 Å². The molecule has 1 rings (SSSR count). The highest BCUT2D eigenvalue weighted by molar-refractivity contribution is 7.98. The van der Waals surface area contributed by atoms with Crippen molar-refractivity contribution in [2.45, 2.75) is 25.8 Å². The minimum absolute atomic E-state index is 0.362. The maximum atomic E-state index is 8.72. The summed E-state index contributed by atoms with van der Waals surface area (Å²) in [6.07, 6.45) is 3.55. The summed E-state index contributed by atoms with van der Waals surface area (Å²) in [5.74, 6) is 1.08. The Morgan fingerprint density at radius 2 is 2.29 bits per heavy atom. The van der Waals surface area contributed by atoms with Gasteiger partial charge in [-0.1, -0.05) is 6.92 Å². The van der Waals surface area contributed by atoms with E-state index in [0.29, 0.717) is 18.2 Å². The molecule has 3 N–H and O–H groups in total. The molecule has 0 aliphatic heterocycles. The number of rotatable bonds is 6. The number of nitrogen functional groups attached to an aromatic ring is 1. The number of nitrogens with zero attached hydrogens (tertiary/aromatic N) is 1. The summed E-state index contributed by atoms with van der Waals surface area (Å²) in [6, 6.07) is 8.40. The average Bonchev–Trinajstić information content (AvgIpc) is 2.33. The normalized spacial score (nSPS) is 11.8. The van der Waals surface area contributed by atoms with E-state index in [1.54, 1.807) is 0 Å². The van der Waals surface area contributed by atoms with E-state index in [4.69, 9.17) is 11.0 Å². The van der Waals surface area contributed by atoms with Crippen molar-refractivity contribution in [2.24, 2.45) is 0 Å². The molecular formula is C13H19N3S. The van der Waals surface area contributed by atoms with Crippen LogP contribution in [0.3, 0.4) is 0 Å². The monoisotopic (exact) mass is 249 g/mol. The van der Waals surface area contributed by atoms with Crippen LogP contribution in [0, 0.1) is 11.3 Å². The summed E-state index contributed by atoms with van der Waals surface area (Å²) >= 11 is 1.83. The molecule has 1 unspecified atom stereocenters. The Balaban J connectivity index is 2.77. The van der Waals surface area contributed by atoms with Crippen molar-refractivity contribution >= 4 is 23.1 Å². The van der Waals surface area contributed by atoms with Crippen molar-refractivity contribution in [3.8, 4) is 6.07 Å². The fraction of sp³-hybridized carbons (Fsp3) is 0.462. The largest absolute Gasteiger partial charge is 0.398 e. The van der Waals surface area contributed by atoms with Crippen molar-refractivity contribution in [2.75, 3.05) is 23.1 Å². The predicted molar refractivity (Wildman–Crippen MR) is 76.3 cm³/mol. The molecule has 1 aromatic carbocycles. The minimum atomic E-state index is 0.362. The molecule has 0 saturated carbocycles. The number of hydrogen-bond donors (Lipinski definition) is 2. The summed E-state index contributed by atoms with van der Waals surface area (Å²) in [7, 11) is 0. The van der Waals surface area contributed by atoms with Gasteiger partial charge < -0.3 is 11.1 Å². The third kappa shape index (κ3) is 4.20. The number of nitrogens with two attached hydrogens (primary N) is 1. The van der Waals surface area contributed by atoms with Crippen LogP contribution < -0.4 is 11.1 Å². The molecule has 0 aromatic heterocycles. The lowest BCUT2D eigenvalue weighted by Crippen LogP contribution is -2.21. The van der Waals surface area contributed by atoms with Gasteiger partial charge in [0.1, 0.15) is 0 Å². The molecule has 3 nitrogen and oxygen atoms in total. The van der Waals surface area contributed by atoms with Crippen LogP contribution >= 0.6 is 11.8 Å². The minimum Gasteiger partial charge on any atom is -0.398 e. The van der Waals surface area contributed by atoms with Gasteiger partial charge in [-0.3, -0.25) is 0 Å². The number of hydrogen-bond acceptors (Lipinski definition) is 4. The van der Waals surface area contributed by atoms with Crippen molar-refractivity contribution in [1.29, 1.82) is 5.26 Å². The number of nitriles is 1. The molecule has 0 saturated heterocycles. The van der Waals surface area contributed by atoms with E-state index in [1.807, 2.05) is 30.0 Å². The van der Waals surface area contributed by atoms with Gasteiger partial charge in [-0.2, -0.15) is 17.0 Å². The Hall–Kier alpha value is -1.34. The van der Waals surface area contributed by atoms with E-state index in [-0.39, 0.29) is 0 Å². The number of thioether (sulfide) groups is 1. The van der Waals surface area contributed by atoms with Crippen molar-refractivity contribution in [1.82, 2.24) is 0 Å². The molecule has 0 bridgehead atoms. The highest BCUT2D eigenvalue weighted by Crippen LogP contribution is 2.20. The molecule has 0 fully saturated rings.